The molecule has 0 aliphatic heterocycles. The molecule has 0 heterocycles. The van der Waals surface area contributed by atoms with Crippen LogP contribution in [0, 0.1) is 17.2 Å². The van der Waals surface area contributed by atoms with Crippen molar-refractivity contribution in [1.82, 2.24) is 0 Å². The first-order valence-electron chi connectivity index (χ1n) is 4.30. The number of nitrogens with zero attached hydrogens (tertiary/aromatic N) is 1. The first kappa shape index (κ1) is 10.3. The molecule has 0 aliphatic carbocycles. The first-order valence-corrected chi connectivity index (χ1v) is 5.21. The van der Waals surface area contributed by atoms with Gasteiger partial charge in [-0.15, -0.1) is 0 Å². The predicted molar refractivity (Wildman–Crippen MR) is 57.7 cm³/mol. The Bertz CT molecular complexity index is 325. The van der Waals surface area contributed by atoms with Crippen molar-refractivity contribution in [2.75, 3.05) is 0 Å². The molecule has 0 N–H and O–H groups in total. The molecule has 1 unspecified atom stereocenters. The van der Waals surface area contributed by atoms with Gasteiger partial charge in [0.05, 0.1) is 11.6 Å². The minimum atomic E-state index is 0.267. The molecule has 0 aliphatic rings. The van der Waals surface area contributed by atoms with Gasteiger partial charge in [-0.25, -0.2) is 0 Å². The van der Waals surface area contributed by atoms with Crippen molar-refractivity contribution in [3.8, 4) is 6.07 Å². The van der Waals surface area contributed by atoms with Crippen LogP contribution >= 0.6 is 15.9 Å². The average Bonchev–Trinajstić information content (AvgIpc) is 2.16. The second-order valence-electron chi connectivity index (χ2n) is 3.34. The molecule has 0 amide bonds. The Balaban J connectivity index is 3.07. The van der Waals surface area contributed by atoms with Crippen LogP contribution in [0.15, 0.2) is 24.3 Å². The smallest absolute Gasteiger partial charge is 0.0994 e. The summed E-state index contributed by atoms with van der Waals surface area (Å²) >= 11 is 3.59. The highest BCUT2D eigenvalue weighted by atomic mass is 79.9. The van der Waals surface area contributed by atoms with E-state index in [-0.39, 0.29) is 4.83 Å². The molecule has 0 aromatic heterocycles. The maximum absolute atomic E-state index is 8.88. The molecule has 0 bridgehead atoms. The number of hydrogen-bond acceptors (Lipinski definition) is 1. The molecule has 1 nitrogen and oxygen atoms in total. The number of halogens is 1. The Morgan fingerprint density at radius 2 is 1.92 bits per heavy atom. The van der Waals surface area contributed by atoms with Gasteiger partial charge in [0.15, 0.2) is 0 Å². The Kier molecular flexibility index (Phi) is 3.50. The number of alkyl halides is 1. The predicted octanol–water partition coefficient (Wildman–Crippen LogP) is 3.65. The molecule has 0 spiro atoms. The van der Waals surface area contributed by atoms with Crippen molar-refractivity contribution in [3.63, 3.8) is 0 Å². The van der Waals surface area contributed by atoms with E-state index in [1.165, 1.54) is 0 Å². The molecule has 13 heavy (non-hydrogen) atoms. The molecule has 1 atom stereocenters. The van der Waals surface area contributed by atoms with E-state index in [2.05, 4.69) is 35.8 Å². The van der Waals surface area contributed by atoms with E-state index in [4.69, 9.17) is 5.26 Å². The maximum Gasteiger partial charge on any atom is 0.0994 e. The van der Waals surface area contributed by atoms with Crippen LogP contribution in [0.3, 0.4) is 0 Å². The largest absolute Gasteiger partial charge is 0.192 e. The van der Waals surface area contributed by atoms with Crippen LogP contribution in [-0.2, 0) is 0 Å². The van der Waals surface area contributed by atoms with Crippen molar-refractivity contribution in [2.24, 2.45) is 5.92 Å². The summed E-state index contributed by atoms with van der Waals surface area (Å²) in [6.07, 6.45) is 0. The second-order valence-corrected chi connectivity index (χ2v) is 4.33. The molecule has 1 rings (SSSR count). The highest BCUT2D eigenvalue weighted by Crippen LogP contribution is 2.32. The molecule has 0 saturated carbocycles. The van der Waals surface area contributed by atoms with Crippen LogP contribution in [0.1, 0.15) is 29.8 Å². The van der Waals surface area contributed by atoms with Gasteiger partial charge in [-0.2, -0.15) is 5.26 Å². The monoisotopic (exact) mass is 237 g/mol. The molecule has 68 valence electrons. The van der Waals surface area contributed by atoms with Gasteiger partial charge < -0.3 is 0 Å². The minimum absolute atomic E-state index is 0.267. The zero-order valence-corrected chi connectivity index (χ0v) is 9.38. The zero-order chi connectivity index (χ0) is 9.84. The summed E-state index contributed by atoms with van der Waals surface area (Å²) in [5.41, 5.74) is 1.85. The number of nitriles is 1. The summed E-state index contributed by atoms with van der Waals surface area (Å²) < 4.78 is 0. The molecular formula is C11H12BrN. The fourth-order valence-corrected chi connectivity index (χ4v) is 1.60. The van der Waals surface area contributed by atoms with E-state index < -0.39 is 0 Å². The quantitative estimate of drug-likeness (QED) is 0.721. The standard InChI is InChI=1S/C11H12BrN/c1-8(2)11(12)10-6-4-3-5-9(10)7-13/h3-6,8,11H,1-2H3. The van der Waals surface area contributed by atoms with Crippen molar-refractivity contribution >= 4 is 15.9 Å². The van der Waals surface area contributed by atoms with Gasteiger partial charge in [0.1, 0.15) is 0 Å². The second kappa shape index (κ2) is 4.43. The molecule has 0 saturated heterocycles. The Hall–Kier alpha value is -0.810. The normalized spacial score (nSPS) is 12.5. The molecule has 1 aromatic carbocycles. The van der Waals surface area contributed by atoms with Crippen molar-refractivity contribution in [2.45, 2.75) is 18.7 Å². The van der Waals surface area contributed by atoms with Crippen molar-refractivity contribution in [3.05, 3.63) is 35.4 Å². The van der Waals surface area contributed by atoms with Gasteiger partial charge in [0.25, 0.3) is 0 Å². The third-order valence-corrected chi connectivity index (χ3v) is 3.51. The fraction of sp³-hybridized carbons (Fsp3) is 0.364. The zero-order valence-electron chi connectivity index (χ0n) is 7.79. The van der Waals surface area contributed by atoms with E-state index in [1.54, 1.807) is 0 Å². The third kappa shape index (κ3) is 2.32. The molecule has 1 aromatic rings. The number of hydrogen-bond donors (Lipinski definition) is 0. The van der Waals surface area contributed by atoms with E-state index >= 15 is 0 Å². The fourth-order valence-electron chi connectivity index (χ4n) is 1.20. The van der Waals surface area contributed by atoms with Crippen LogP contribution in [0.2, 0.25) is 0 Å². The Morgan fingerprint density at radius 1 is 1.31 bits per heavy atom. The molecule has 2 heteroatoms. The molecule has 0 fully saturated rings. The highest BCUT2D eigenvalue weighted by molar-refractivity contribution is 9.09. The van der Waals surface area contributed by atoms with E-state index in [0.29, 0.717) is 5.92 Å². The van der Waals surface area contributed by atoms with Gasteiger partial charge in [-0.1, -0.05) is 48.0 Å². The van der Waals surface area contributed by atoms with Gasteiger partial charge in [0, 0.05) is 4.83 Å². The average molecular weight is 238 g/mol. The van der Waals surface area contributed by atoms with Gasteiger partial charge in [-0.3, -0.25) is 0 Å². The van der Waals surface area contributed by atoms with Crippen LogP contribution in [0.5, 0.6) is 0 Å². The number of benzene rings is 1. The van der Waals surface area contributed by atoms with E-state index in [0.717, 1.165) is 11.1 Å². The lowest BCUT2D eigenvalue weighted by atomic mass is 9.98. The molecular weight excluding hydrogens is 226 g/mol. The molecule has 0 radical (unpaired) electrons. The Morgan fingerprint density at radius 3 is 2.46 bits per heavy atom. The maximum atomic E-state index is 8.88. The minimum Gasteiger partial charge on any atom is -0.192 e. The summed E-state index contributed by atoms with van der Waals surface area (Å²) in [5.74, 6) is 0.495. The van der Waals surface area contributed by atoms with Crippen LogP contribution in [0.25, 0.3) is 0 Å². The summed E-state index contributed by atoms with van der Waals surface area (Å²) in [5, 5.41) is 8.88. The lowest BCUT2D eigenvalue weighted by molar-refractivity contribution is 0.640. The van der Waals surface area contributed by atoms with Crippen LogP contribution in [-0.4, -0.2) is 0 Å². The van der Waals surface area contributed by atoms with Gasteiger partial charge >= 0.3 is 0 Å². The summed E-state index contributed by atoms with van der Waals surface area (Å²) in [4.78, 5) is 0.267. The van der Waals surface area contributed by atoms with E-state index in [1.807, 2.05) is 24.3 Å². The summed E-state index contributed by atoms with van der Waals surface area (Å²) in [6, 6.07) is 9.91. The Labute approximate surface area is 87.5 Å². The summed E-state index contributed by atoms with van der Waals surface area (Å²) in [6.45, 7) is 4.27. The summed E-state index contributed by atoms with van der Waals surface area (Å²) in [7, 11) is 0. The van der Waals surface area contributed by atoms with Crippen LogP contribution < -0.4 is 0 Å². The first-order chi connectivity index (χ1) is 6.16. The lowest BCUT2D eigenvalue weighted by Gasteiger charge is -2.14. The SMILES string of the molecule is CC(C)C(Br)c1ccccc1C#N. The van der Waals surface area contributed by atoms with Gasteiger partial charge in [0.2, 0.25) is 0 Å². The number of rotatable bonds is 2. The van der Waals surface area contributed by atoms with Crippen molar-refractivity contribution < 1.29 is 0 Å². The highest BCUT2D eigenvalue weighted by Gasteiger charge is 2.14. The third-order valence-electron chi connectivity index (χ3n) is 1.96. The lowest BCUT2D eigenvalue weighted by Crippen LogP contribution is -2.00. The van der Waals surface area contributed by atoms with Gasteiger partial charge in [-0.05, 0) is 17.5 Å². The topological polar surface area (TPSA) is 23.8 Å². The van der Waals surface area contributed by atoms with E-state index in [9.17, 15) is 0 Å². The van der Waals surface area contributed by atoms with Crippen LogP contribution in [0.4, 0.5) is 0 Å². The van der Waals surface area contributed by atoms with Crippen molar-refractivity contribution in [1.29, 1.82) is 5.26 Å².